The lowest BCUT2D eigenvalue weighted by Crippen LogP contribution is -2.38. The first-order valence-electron chi connectivity index (χ1n) is 11.9. The van der Waals surface area contributed by atoms with E-state index in [9.17, 15) is 9.59 Å². The van der Waals surface area contributed by atoms with Crippen molar-refractivity contribution >= 4 is 28.6 Å². The number of amides is 2. The number of piperidine rings is 1. The maximum absolute atomic E-state index is 13.2. The minimum absolute atomic E-state index is 0.0402. The Morgan fingerprint density at radius 2 is 1.74 bits per heavy atom. The van der Waals surface area contributed by atoms with Crippen LogP contribution in [0.1, 0.15) is 40.6 Å². The summed E-state index contributed by atoms with van der Waals surface area (Å²) in [6.45, 7) is 1.26. The van der Waals surface area contributed by atoms with Crippen molar-refractivity contribution in [3.8, 4) is 5.75 Å². The van der Waals surface area contributed by atoms with Crippen LogP contribution in [0.4, 0.5) is 5.69 Å². The monoisotopic (exact) mass is 467 g/mol. The largest absolute Gasteiger partial charge is 0.480 e. The van der Waals surface area contributed by atoms with Gasteiger partial charge in [0.05, 0.1) is 0 Å². The number of oxazole rings is 1. The second-order valence-corrected chi connectivity index (χ2v) is 9.07. The SMILES string of the molecule is O=C(Nc1cccc(C(=O)N2CCC(c3nc4ccccc4o3)CC2)c1)C1Cc2ccccc2O1. The molecule has 0 bridgehead atoms. The average Bonchev–Trinajstić information content (AvgIpc) is 3.53. The summed E-state index contributed by atoms with van der Waals surface area (Å²) in [7, 11) is 0. The van der Waals surface area contributed by atoms with E-state index in [1.807, 2.05) is 53.4 Å². The van der Waals surface area contributed by atoms with Gasteiger partial charge in [0, 0.05) is 36.7 Å². The Morgan fingerprint density at radius 1 is 0.943 bits per heavy atom. The maximum atomic E-state index is 13.2. The van der Waals surface area contributed by atoms with Crippen molar-refractivity contribution in [2.24, 2.45) is 0 Å². The number of ether oxygens (including phenoxy) is 1. The van der Waals surface area contributed by atoms with Crippen LogP contribution in [0.15, 0.2) is 77.2 Å². The maximum Gasteiger partial charge on any atom is 0.265 e. The summed E-state index contributed by atoms with van der Waals surface area (Å²) in [5, 5.41) is 2.90. The zero-order chi connectivity index (χ0) is 23.8. The van der Waals surface area contributed by atoms with Gasteiger partial charge in [0.2, 0.25) is 0 Å². The number of nitrogens with zero attached hydrogens (tertiary/aromatic N) is 2. The smallest absolute Gasteiger partial charge is 0.265 e. The molecule has 35 heavy (non-hydrogen) atoms. The number of carbonyl (C=O) groups excluding carboxylic acids is 2. The highest BCUT2D eigenvalue weighted by Crippen LogP contribution is 2.31. The molecule has 1 aromatic heterocycles. The number of rotatable bonds is 4. The van der Waals surface area contributed by atoms with Gasteiger partial charge in [-0.25, -0.2) is 4.98 Å². The zero-order valence-electron chi connectivity index (χ0n) is 19.1. The lowest BCUT2D eigenvalue weighted by Gasteiger charge is -2.30. The van der Waals surface area contributed by atoms with Crippen LogP contribution in [0.5, 0.6) is 5.75 Å². The number of para-hydroxylation sites is 3. The Bertz CT molecular complexity index is 1350. The molecule has 0 aliphatic carbocycles. The Balaban J connectivity index is 1.08. The molecular formula is C28H25N3O4. The number of benzene rings is 3. The van der Waals surface area contributed by atoms with E-state index in [0.717, 1.165) is 41.1 Å². The van der Waals surface area contributed by atoms with Crippen molar-refractivity contribution in [2.75, 3.05) is 18.4 Å². The van der Waals surface area contributed by atoms with Crippen LogP contribution in [0.2, 0.25) is 0 Å². The van der Waals surface area contributed by atoms with Gasteiger partial charge in [0.25, 0.3) is 11.8 Å². The third-order valence-corrected chi connectivity index (χ3v) is 6.76. The molecule has 0 radical (unpaired) electrons. The number of fused-ring (bicyclic) bond motifs is 2. The van der Waals surface area contributed by atoms with Gasteiger partial charge in [-0.3, -0.25) is 9.59 Å². The summed E-state index contributed by atoms with van der Waals surface area (Å²) in [6.07, 6.45) is 1.57. The second kappa shape index (κ2) is 8.91. The van der Waals surface area contributed by atoms with Gasteiger partial charge in [0.15, 0.2) is 17.6 Å². The van der Waals surface area contributed by atoms with Crippen LogP contribution in [0.25, 0.3) is 11.1 Å². The molecular weight excluding hydrogens is 442 g/mol. The van der Waals surface area contributed by atoms with E-state index in [4.69, 9.17) is 9.15 Å². The number of hydrogen-bond donors (Lipinski definition) is 1. The van der Waals surface area contributed by atoms with Gasteiger partial charge < -0.3 is 19.4 Å². The Labute approximate surface area is 202 Å². The number of nitrogens with one attached hydrogen (secondary N) is 1. The van der Waals surface area contributed by atoms with E-state index in [0.29, 0.717) is 30.8 Å². The molecule has 3 aromatic carbocycles. The molecule has 1 atom stereocenters. The normalized spacial score (nSPS) is 17.7. The Hall–Kier alpha value is -4.13. The minimum Gasteiger partial charge on any atom is -0.480 e. The molecule has 0 saturated carbocycles. The number of anilines is 1. The number of likely N-dealkylation sites (tertiary alicyclic amines) is 1. The summed E-state index contributed by atoms with van der Waals surface area (Å²) in [4.78, 5) is 32.4. The minimum atomic E-state index is -0.572. The molecule has 2 amide bonds. The Kier molecular flexibility index (Phi) is 5.45. The third-order valence-electron chi connectivity index (χ3n) is 6.76. The highest BCUT2D eigenvalue weighted by Gasteiger charge is 2.30. The number of aromatic nitrogens is 1. The first kappa shape index (κ1) is 21.4. The van der Waals surface area contributed by atoms with Crippen molar-refractivity contribution in [3.63, 3.8) is 0 Å². The highest BCUT2D eigenvalue weighted by molar-refractivity contribution is 5.98. The fourth-order valence-electron chi connectivity index (χ4n) is 4.86. The number of carbonyl (C=O) groups is 2. The molecule has 1 unspecified atom stereocenters. The van der Waals surface area contributed by atoms with Gasteiger partial charge in [0.1, 0.15) is 11.3 Å². The van der Waals surface area contributed by atoms with Crippen molar-refractivity contribution in [3.05, 3.63) is 89.8 Å². The van der Waals surface area contributed by atoms with E-state index < -0.39 is 6.10 Å². The Morgan fingerprint density at radius 3 is 2.57 bits per heavy atom. The van der Waals surface area contributed by atoms with E-state index in [1.165, 1.54) is 0 Å². The van der Waals surface area contributed by atoms with Gasteiger partial charge in [-0.05, 0) is 54.8 Å². The number of hydrogen-bond acceptors (Lipinski definition) is 5. The van der Waals surface area contributed by atoms with Crippen LogP contribution in [-0.2, 0) is 11.2 Å². The van der Waals surface area contributed by atoms with Gasteiger partial charge in [-0.15, -0.1) is 0 Å². The van der Waals surface area contributed by atoms with Crippen molar-refractivity contribution in [1.82, 2.24) is 9.88 Å². The first-order valence-corrected chi connectivity index (χ1v) is 11.9. The summed E-state index contributed by atoms with van der Waals surface area (Å²) in [5.41, 5.74) is 3.83. The van der Waals surface area contributed by atoms with Crippen LogP contribution in [0.3, 0.4) is 0 Å². The van der Waals surface area contributed by atoms with Crippen LogP contribution < -0.4 is 10.1 Å². The summed E-state index contributed by atoms with van der Waals surface area (Å²) in [5.74, 6) is 1.44. The van der Waals surface area contributed by atoms with Crippen LogP contribution in [-0.4, -0.2) is 40.9 Å². The standard InChI is InChI=1S/C28H25N3O4/c32-26(25-17-19-6-1-3-10-23(19)34-25)29-21-8-5-7-20(16-21)28(33)31-14-12-18(13-15-31)27-30-22-9-2-4-11-24(22)35-27/h1-11,16,18,25H,12-15,17H2,(H,29,32). The average molecular weight is 468 g/mol. The molecule has 4 aromatic rings. The lowest BCUT2D eigenvalue weighted by molar-refractivity contribution is -0.122. The molecule has 2 aliphatic heterocycles. The molecule has 7 nitrogen and oxygen atoms in total. The highest BCUT2D eigenvalue weighted by atomic mass is 16.5. The molecule has 0 spiro atoms. The third kappa shape index (κ3) is 4.25. The van der Waals surface area contributed by atoms with Crippen molar-refractivity contribution < 1.29 is 18.7 Å². The van der Waals surface area contributed by atoms with E-state index >= 15 is 0 Å². The lowest BCUT2D eigenvalue weighted by atomic mass is 9.96. The molecule has 3 heterocycles. The van der Waals surface area contributed by atoms with Gasteiger partial charge in [-0.2, -0.15) is 0 Å². The summed E-state index contributed by atoms with van der Waals surface area (Å²) >= 11 is 0. The van der Waals surface area contributed by atoms with E-state index in [2.05, 4.69) is 10.3 Å². The van der Waals surface area contributed by atoms with Crippen molar-refractivity contribution in [2.45, 2.75) is 31.3 Å². The molecule has 1 N–H and O–H groups in total. The summed E-state index contributed by atoms with van der Waals surface area (Å²) < 4.78 is 11.7. The zero-order valence-corrected chi connectivity index (χ0v) is 19.1. The molecule has 2 aliphatic rings. The molecule has 1 fully saturated rings. The summed E-state index contributed by atoms with van der Waals surface area (Å²) in [6, 6.07) is 22.5. The topological polar surface area (TPSA) is 84.7 Å². The van der Waals surface area contributed by atoms with Gasteiger partial charge in [-0.1, -0.05) is 36.4 Å². The fraction of sp³-hybridized carbons (Fsp3) is 0.250. The molecule has 1 saturated heterocycles. The molecule has 7 heteroatoms. The van der Waals surface area contributed by atoms with E-state index in [1.54, 1.807) is 24.3 Å². The molecule has 6 rings (SSSR count). The predicted molar refractivity (Wildman–Crippen MR) is 132 cm³/mol. The first-order chi connectivity index (χ1) is 17.1. The van der Waals surface area contributed by atoms with Crippen molar-refractivity contribution in [1.29, 1.82) is 0 Å². The second-order valence-electron chi connectivity index (χ2n) is 9.07. The van der Waals surface area contributed by atoms with Crippen LogP contribution >= 0.6 is 0 Å². The van der Waals surface area contributed by atoms with Gasteiger partial charge >= 0.3 is 0 Å². The quantitative estimate of drug-likeness (QED) is 0.467. The fourth-order valence-corrected chi connectivity index (χ4v) is 4.86. The molecule has 176 valence electrons. The predicted octanol–water partition coefficient (Wildman–Crippen LogP) is 4.79. The van der Waals surface area contributed by atoms with Crippen LogP contribution in [0, 0.1) is 0 Å². The van der Waals surface area contributed by atoms with E-state index in [-0.39, 0.29) is 17.7 Å².